The van der Waals surface area contributed by atoms with E-state index in [0.717, 1.165) is 83.5 Å². The molecule has 2 atom stereocenters. The van der Waals surface area contributed by atoms with Crippen LogP contribution in [-0.2, 0) is 14.3 Å². The van der Waals surface area contributed by atoms with E-state index in [4.69, 9.17) is 4.74 Å². The van der Waals surface area contributed by atoms with Gasteiger partial charge in [-0.3, -0.25) is 9.59 Å². The predicted molar refractivity (Wildman–Crippen MR) is 245 cm³/mol. The van der Waals surface area contributed by atoms with Crippen LogP contribution >= 0.6 is 0 Å². The van der Waals surface area contributed by atoms with Crippen LogP contribution in [0.5, 0.6) is 0 Å². The SMILES string of the molecule is CCCCCC/C=C\C/C=C\CCCCCCCC(=O)OCCCCCC/C=C\CCCC(=O)NC(CO)C(O)/C=C/CCCCCCCCCCCCCCC. The molecule has 0 spiro atoms. The van der Waals surface area contributed by atoms with Crippen molar-refractivity contribution in [2.24, 2.45) is 0 Å². The lowest BCUT2D eigenvalue weighted by atomic mass is 10.0. The van der Waals surface area contributed by atoms with E-state index in [1.54, 1.807) is 6.08 Å². The van der Waals surface area contributed by atoms with Crippen molar-refractivity contribution < 1.29 is 24.5 Å². The maximum absolute atomic E-state index is 12.4. The van der Waals surface area contributed by atoms with Crippen molar-refractivity contribution in [2.75, 3.05) is 13.2 Å². The van der Waals surface area contributed by atoms with E-state index in [1.165, 1.54) is 128 Å². The number of hydrogen-bond donors (Lipinski definition) is 3. The minimum absolute atomic E-state index is 0.0525. The van der Waals surface area contributed by atoms with E-state index >= 15 is 0 Å². The molecule has 0 rings (SSSR count). The highest BCUT2D eigenvalue weighted by molar-refractivity contribution is 5.76. The van der Waals surface area contributed by atoms with Crippen molar-refractivity contribution in [2.45, 2.75) is 251 Å². The Bertz CT molecular complexity index is 973. The first-order valence-electron chi connectivity index (χ1n) is 24.4. The second-order valence-electron chi connectivity index (χ2n) is 16.4. The molecule has 2 unspecified atom stereocenters. The number of unbranched alkanes of at least 4 members (excludes halogenated alkanes) is 27. The van der Waals surface area contributed by atoms with E-state index in [1.807, 2.05) is 6.08 Å². The van der Waals surface area contributed by atoms with Crippen molar-refractivity contribution in [1.29, 1.82) is 0 Å². The number of amides is 1. The summed E-state index contributed by atoms with van der Waals surface area (Å²) in [7, 11) is 0. The van der Waals surface area contributed by atoms with Gasteiger partial charge in [0.15, 0.2) is 0 Å². The molecule has 57 heavy (non-hydrogen) atoms. The third-order valence-electron chi connectivity index (χ3n) is 10.8. The number of allylic oxidation sites excluding steroid dienone is 7. The Hall–Kier alpha value is -2.18. The summed E-state index contributed by atoms with van der Waals surface area (Å²) >= 11 is 0. The fourth-order valence-corrected chi connectivity index (χ4v) is 7.02. The van der Waals surface area contributed by atoms with Crippen molar-refractivity contribution in [3.05, 3.63) is 48.6 Å². The number of carbonyl (C=O) groups is 2. The molecule has 6 heteroatoms. The minimum atomic E-state index is -0.876. The largest absolute Gasteiger partial charge is 0.466 e. The zero-order valence-electron chi connectivity index (χ0n) is 37.6. The Morgan fingerprint density at radius 3 is 1.40 bits per heavy atom. The minimum Gasteiger partial charge on any atom is -0.466 e. The fourth-order valence-electron chi connectivity index (χ4n) is 7.02. The van der Waals surface area contributed by atoms with Crippen LogP contribution in [-0.4, -0.2) is 47.4 Å². The first kappa shape index (κ1) is 54.8. The van der Waals surface area contributed by atoms with Gasteiger partial charge in [0.2, 0.25) is 5.91 Å². The van der Waals surface area contributed by atoms with E-state index < -0.39 is 12.1 Å². The molecule has 6 nitrogen and oxygen atoms in total. The van der Waals surface area contributed by atoms with Crippen LogP contribution in [0.4, 0.5) is 0 Å². The predicted octanol–water partition coefficient (Wildman–Crippen LogP) is 14.3. The maximum Gasteiger partial charge on any atom is 0.305 e. The number of esters is 1. The zero-order valence-corrected chi connectivity index (χ0v) is 37.6. The molecule has 0 saturated carbocycles. The number of hydrogen-bond acceptors (Lipinski definition) is 5. The van der Waals surface area contributed by atoms with Crippen LogP contribution in [0.25, 0.3) is 0 Å². The summed E-state index contributed by atoms with van der Waals surface area (Å²) in [6.07, 6.45) is 56.8. The summed E-state index contributed by atoms with van der Waals surface area (Å²) in [5, 5.41) is 23.0. The monoisotopic (exact) mass is 800 g/mol. The van der Waals surface area contributed by atoms with Gasteiger partial charge in [0.1, 0.15) is 0 Å². The zero-order chi connectivity index (χ0) is 41.5. The lowest BCUT2D eigenvalue weighted by Gasteiger charge is -2.19. The van der Waals surface area contributed by atoms with E-state index in [9.17, 15) is 19.8 Å². The Morgan fingerprint density at radius 2 is 0.895 bits per heavy atom. The number of rotatable bonds is 44. The van der Waals surface area contributed by atoms with E-state index in [-0.39, 0.29) is 18.5 Å². The number of ether oxygens (including phenoxy) is 1. The standard InChI is InChI=1S/C51H93NO5/c1-3-5-7-9-11-13-15-17-19-21-23-25-29-33-37-41-45-51(56)57-46-42-38-34-30-26-28-32-36-40-44-50(55)52-48(47-53)49(54)43-39-35-31-27-24-22-20-18-16-14-12-10-8-6-4-2/h13,15,19,21,28,32,39,43,48-49,53-54H,3-12,14,16-18,20,22-27,29-31,33-38,40-42,44-47H2,1-2H3,(H,52,55)/b15-13-,21-19-,32-28-,43-39+. The molecule has 0 heterocycles. The van der Waals surface area contributed by atoms with Crippen LogP contribution < -0.4 is 5.32 Å². The molecule has 1 amide bonds. The molecule has 0 aliphatic carbocycles. The molecule has 0 aromatic carbocycles. The van der Waals surface area contributed by atoms with Crippen LogP contribution in [0.1, 0.15) is 239 Å². The summed E-state index contributed by atoms with van der Waals surface area (Å²) in [6, 6.07) is -0.667. The second kappa shape index (κ2) is 46.5. The van der Waals surface area contributed by atoms with Crippen LogP contribution in [0, 0.1) is 0 Å². The second-order valence-corrected chi connectivity index (χ2v) is 16.4. The average Bonchev–Trinajstić information content (AvgIpc) is 3.21. The van der Waals surface area contributed by atoms with E-state index in [2.05, 4.69) is 55.6 Å². The van der Waals surface area contributed by atoms with E-state index in [0.29, 0.717) is 19.4 Å². The van der Waals surface area contributed by atoms with Gasteiger partial charge in [0, 0.05) is 12.8 Å². The van der Waals surface area contributed by atoms with Gasteiger partial charge in [0.05, 0.1) is 25.4 Å². The summed E-state index contributed by atoms with van der Waals surface area (Å²) in [5.41, 5.74) is 0. The number of nitrogens with one attached hydrogen (secondary N) is 1. The average molecular weight is 800 g/mol. The molecule has 0 saturated heterocycles. The Labute approximate surface area is 353 Å². The molecule has 0 aliphatic heterocycles. The normalized spacial score (nSPS) is 13.1. The fraction of sp³-hybridized carbons (Fsp3) is 0.804. The molecule has 3 N–H and O–H groups in total. The van der Waals surface area contributed by atoms with Crippen LogP contribution in [0.3, 0.4) is 0 Å². The van der Waals surface area contributed by atoms with Crippen LogP contribution in [0.15, 0.2) is 48.6 Å². The lowest BCUT2D eigenvalue weighted by Crippen LogP contribution is -2.45. The Morgan fingerprint density at radius 1 is 0.491 bits per heavy atom. The number of aliphatic hydroxyl groups is 2. The van der Waals surface area contributed by atoms with Gasteiger partial charge in [-0.15, -0.1) is 0 Å². The van der Waals surface area contributed by atoms with Gasteiger partial charge in [-0.1, -0.05) is 191 Å². The van der Waals surface area contributed by atoms with Crippen molar-refractivity contribution in [1.82, 2.24) is 5.32 Å². The van der Waals surface area contributed by atoms with Gasteiger partial charge < -0.3 is 20.3 Å². The van der Waals surface area contributed by atoms with Gasteiger partial charge in [-0.25, -0.2) is 0 Å². The molecular formula is C51H93NO5. The molecule has 0 bridgehead atoms. The Balaban J connectivity index is 3.61. The van der Waals surface area contributed by atoms with Crippen LogP contribution in [0.2, 0.25) is 0 Å². The van der Waals surface area contributed by atoms with Gasteiger partial charge >= 0.3 is 5.97 Å². The molecule has 0 aliphatic rings. The number of carbonyl (C=O) groups excluding carboxylic acids is 2. The molecule has 0 radical (unpaired) electrons. The third kappa shape index (κ3) is 43.2. The van der Waals surface area contributed by atoms with Crippen molar-refractivity contribution in [3.8, 4) is 0 Å². The summed E-state index contributed by atoms with van der Waals surface area (Å²) in [5.74, 6) is -0.184. The number of aliphatic hydroxyl groups excluding tert-OH is 2. The lowest BCUT2D eigenvalue weighted by molar-refractivity contribution is -0.143. The highest BCUT2D eigenvalue weighted by Gasteiger charge is 2.17. The first-order valence-corrected chi connectivity index (χ1v) is 24.4. The van der Waals surface area contributed by atoms with Gasteiger partial charge in [0.25, 0.3) is 0 Å². The molecule has 0 fully saturated rings. The highest BCUT2D eigenvalue weighted by Crippen LogP contribution is 2.14. The highest BCUT2D eigenvalue weighted by atomic mass is 16.5. The summed E-state index contributed by atoms with van der Waals surface area (Å²) < 4.78 is 5.43. The summed E-state index contributed by atoms with van der Waals surface area (Å²) in [6.45, 7) is 4.77. The third-order valence-corrected chi connectivity index (χ3v) is 10.8. The topological polar surface area (TPSA) is 95.9 Å². The smallest absolute Gasteiger partial charge is 0.305 e. The molecule has 0 aromatic rings. The van der Waals surface area contributed by atoms with Crippen molar-refractivity contribution in [3.63, 3.8) is 0 Å². The van der Waals surface area contributed by atoms with Gasteiger partial charge in [-0.2, -0.15) is 0 Å². The maximum atomic E-state index is 12.4. The summed E-state index contributed by atoms with van der Waals surface area (Å²) in [4.78, 5) is 24.4. The molecular weight excluding hydrogens is 707 g/mol. The van der Waals surface area contributed by atoms with Gasteiger partial charge in [-0.05, 0) is 83.5 Å². The first-order chi connectivity index (χ1) is 28.0. The quantitative estimate of drug-likeness (QED) is 0.0324. The molecule has 0 aromatic heterocycles. The molecule has 332 valence electrons. The van der Waals surface area contributed by atoms with Crippen molar-refractivity contribution >= 4 is 11.9 Å². The Kier molecular flexibility index (Phi) is 44.7.